The molecule has 0 aliphatic rings. The van der Waals surface area contributed by atoms with Crippen LogP contribution in [0.15, 0.2) is 42.5 Å². The van der Waals surface area contributed by atoms with Gasteiger partial charge >= 0.3 is 0 Å². The van der Waals surface area contributed by atoms with Crippen molar-refractivity contribution < 1.29 is 4.79 Å². The van der Waals surface area contributed by atoms with Gasteiger partial charge in [-0.3, -0.25) is 4.79 Å². The van der Waals surface area contributed by atoms with Crippen LogP contribution in [0.2, 0.25) is 10.0 Å². The van der Waals surface area contributed by atoms with Crippen molar-refractivity contribution in [1.82, 2.24) is 0 Å². The molecule has 4 heteroatoms. The van der Waals surface area contributed by atoms with Gasteiger partial charge < -0.3 is 0 Å². The van der Waals surface area contributed by atoms with Gasteiger partial charge in [-0.1, -0.05) is 47.5 Å². The maximum absolute atomic E-state index is 12.1. The van der Waals surface area contributed by atoms with Gasteiger partial charge in [-0.2, -0.15) is 0 Å². The van der Waals surface area contributed by atoms with Crippen LogP contribution >= 0.6 is 35.0 Å². The third-order valence-electron chi connectivity index (χ3n) is 2.99. The number of rotatable bonds is 5. The quantitative estimate of drug-likeness (QED) is 0.683. The zero-order valence-electron chi connectivity index (χ0n) is 11.0. The summed E-state index contributed by atoms with van der Waals surface area (Å²) in [5.41, 5.74) is 3.12. The van der Waals surface area contributed by atoms with Crippen LogP contribution in [-0.4, -0.2) is 11.5 Å². The van der Waals surface area contributed by atoms with Gasteiger partial charge in [-0.15, -0.1) is 11.8 Å². The Morgan fingerprint density at radius 1 is 1.10 bits per heavy atom. The summed E-state index contributed by atoms with van der Waals surface area (Å²) in [6, 6.07) is 13.2. The molecule has 0 spiro atoms. The largest absolute Gasteiger partial charge is 0.293 e. The molecule has 104 valence electrons. The van der Waals surface area contributed by atoms with Crippen LogP contribution in [0.3, 0.4) is 0 Å². The molecule has 0 saturated carbocycles. The number of ketones is 1. The highest BCUT2D eigenvalue weighted by molar-refractivity contribution is 7.99. The van der Waals surface area contributed by atoms with E-state index in [2.05, 4.69) is 19.1 Å². The second-order valence-electron chi connectivity index (χ2n) is 4.47. The third-order valence-corrected chi connectivity index (χ3v) is 4.71. The molecule has 0 amide bonds. The molecule has 2 aromatic rings. The average Bonchev–Trinajstić information content (AvgIpc) is 2.44. The first-order valence-electron chi connectivity index (χ1n) is 6.18. The minimum absolute atomic E-state index is 0.0714. The molecule has 0 fully saturated rings. The van der Waals surface area contributed by atoms with Gasteiger partial charge in [0.1, 0.15) is 0 Å². The Hall–Kier alpha value is -0.960. The van der Waals surface area contributed by atoms with E-state index in [0.29, 0.717) is 21.4 Å². The Morgan fingerprint density at radius 3 is 2.55 bits per heavy atom. The summed E-state index contributed by atoms with van der Waals surface area (Å²) in [4.78, 5) is 12.1. The summed E-state index contributed by atoms with van der Waals surface area (Å²) in [5.74, 6) is 1.34. The highest BCUT2D eigenvalue weighted by Crippen LogP contribution is 2.24. The number of benzene rings is 2. The molecule has 20 heavy (non-hydrogen) atoms. The third kappa shape index (κ3) is 4.02. The topological polar surface area (TPSA) is 17.1 Å². The molecular weight excluding hydrogens is 311 g/mol. The molecule has 0 radical (unpaired) electrons. The van der Waals surface area contributed by atoms with Gasteiger partial charge in [0.15, 0.2) is 5.78 Å². The van der Waals surface area contributed by atoms with E-state index in [4.69, 9.17) is 23.2 Å². The first-order chi connectivity index (χ1) is 9.58. The van der Waals surface area contributed by atoms with E-state index in [-0.39, 0.29) is 5.78 Å². The lowest BCUT2D eigenvalue weighted by Crippen LogP contribution is -2.02. The van der Waals surface area contributed by atoms with Gasteiger partial charge in [0.25, 0.3) is 0 Å². The molecular formula is C16H14Cl2OS. The first-order valence-corrected chi connectivity index (χ1v) is 8.09. The molecule has 0 heterocycles. The van der Waals surface area contributed by atoms with Gasteiger partial charge in [-0.25, -0.2) is 0 Å². The van der Waals surface area contributed by atoms with Crippen LogP contribution < -0.4 is 0 Å². The van der Waals surface area contributed by atoms with Gasteiger partial charge in [0.2, 0.25) is 0 Å². The lowest BCUT2D eigenvalue weighted by Gasteiger charge is -2.05. The summed E-state index contributed by atoms with van der Waals surface area (Å²) in [6.45, 7) is 2.08. The van der Waals surface area contributed by atoms with Gasteiger partial charge in [0.05, 0.1) is 15.8 Å². The van der Waals surface area contributed by atoms with E-state index in [1.54, 1.807) is 30.0 Å². The zero-order valence-corrected chi connectivity index (χ0v) is 13.4. The first kappa shape index (κ1) is 15.4. The predicted molar refractivity (Wildman–Crippen MR) is 88.1 cm³/mol. The molecule has 2 rings (SSSR count). The van der Waals surface area contributed by atoms with E-state index in [1.165, 1.54) is 11.1 Å². The number of carbonyl (C=O) groups is 1. The summed E-state index contributed by atoms with van der Waals surface area (Å²) >= 11 is 13.4. The molecule has 0 saturated heterocycles. The Morgan fingerprint density at radius 2 is 1.85 bits per heavy atom. The van der Waals surface area contributed by atoms with Crippen LogP contribution in [0.4, 0.5) is 0 Å². The Balaban J connectivity index is 1.92. The van der Waals surface area contributed by atoms with Crippen LogP contribution in [0.5, 0.6) is 0 Å². The normalized spacial score (nSPS) is 10.6. The molecule has 0 N–H and O–H groups in total. The van der Waals surface area contributed by atoms with Crippen molar-refractivity contribution in [3.8, 4) is 0 Å². The molecule has 0 aliphatic carbocycles. The second-order valence-corrected chi connectivity index (χ2v) is 6.27. The van der Waals surface area contributed by atoms with E-state index in [0.717, 1.165) is 5.75 Å². The highest BCUT2D eigenvalue weighted by Gasteiger charge is 2.08. The fourth-order valence-electron chi connectivity index (χ4n) is 1.78. The van der Waals surface area contributed by atoms with Crippen molar-refractivity contribution in [2.24, 2.45) is 0 Å². The summed E-state index contributed by atoms with van der Waals surface area (Å²) in [7, 11) is 0. The molecule has 0 aliphatic heterocycles. The van der Waals surface area contributed by atoms with E-state index >= 15 is 0 Å². The maximum atomic E-state index is 12.1. The van der Waals surface area contributed by atoms with Crippen molar-refractivity contribution in [2.75, 3.05) is 5.75 Å². The van der Waals surface area contributed by atoms with E-state index in [1.807, 2.05) is 12.1 Å². The monoisotopic (exact) mass is 324 g/mol. The van der Waals surface area contributed by atoms with Crippen LogP contribution in [0, 0.1) is 6.92 Å². The number of thioether (sulfide) groups is 1. The SMILES string of the molecule is Cc1ccccc1CSCC(=O)c1ccc(Cl)c(Cl)c1. The molecule has 2 aromatic carbocycles. The molecule has 0 aromatic heterocycles. The van der Waals surface area contributed by atoms with Crippen LogP contribution in [-0.2, 0) is 5.75 Å². The van der Waals surface area contributed by atoms with E-state index in [9.17, 15) is 4.79 Å². The van der Waals surface area contributed by atoms with Gasteiger partial charge in [0, 0.05) is 11.3 Å². The fourth-order valence-corrected chi connectivity index (χ4v) is 3.07. The van der Waals surface area contributed by atoms with Crippen molar-refractivity contribution >= 4 is 40.7 Å². The lowest BCUT2D eigenvalue weighted by molar-refractivity contribution is 0.102. The smallest absolute Gasteiger partial charge is 0.172 e. The summed E-state index contributed by atoms with van der Waals surface area (Å²) in [6.07, 6.45) is 0. The fraction of sp³-hybridized carbons (Fsp3) is 0.188. The second kappa shape index (κ2) is 7.16. The number of Topliss-reactive ketones (excluding diaryl/α,β-unsaturated/α-hetero) is 1. The summed E-state index contributed by atoms with van der Waals surface area (Å²) < 4.78 is 0. The van der Waals surface area contributed by atoms with Crippen molar-refractivity contribution in [3.05, 3.63) is 69.2 Å². The molecule has 0 atom stereocenters. The highest BCUT2D eigenvalue weighted by atomic mass is 35.5. The van der Waals surface area contributed by atoms with Crippen molar-refractivity contribution in [3.63, 3.8) is 0 Å². The zero-order chi connectivity index (χ0) is 14.5. The molecule has 0 unspecified atom stereocenters. The minimum atomic E-state index is 0.0714. The number of aryl methyl sites for hydroxylation is 1. The molecule has 0 bridgehead atoms. The number of carbonyl (C=O) groups excluding carboxylic acids is 1. The van der Waals surface area contributed by atoms with Crippen molar-refractivity contribution in [2.45, 2.75) is 12.7 Å². The number of hydrogen-bond acceptors (Lipinski definition) is 2. The standard InChI is InChI=1S/C16H14Cl2OS/c1-11-4-2-3-5-13(11)9-20-10-16(19)12-6-7-14(17)15(18)8-12/h2-8H,9-10H2,1H3. The Kier molecular flexibility index (Phi) is 5.53. The minimum Gasteiger partial charge on any atom is -0.293 e. The summed E-state index contributed by atoms with van der Waals surface area (Å²) in [5, 5.41) is 0.886. The van der Waals surface area contributed by atoms with Gasteiger partial charge in [-0.05, 0) is 36.2 Å². The van der Waals surface area contributed by atoms with Crippen LogP contribution in [0.1, 0.15) is 21.5 Å². The molecule has 1 nitrogen and oxygen atoms in total. The number of halogens is 2. The van der Waals surface area contributed by atoms with E-state index < -0.39 is 0 Å². The average molecular weight is 325 g/mol. The number of hydrogen-bond donors (Lipinski definition) is 0. The Bertz CT molecular complexity index is 626. The maximum Gasteiger partial charge on any atom is 0.172 e. The van der Waals surface area contributed by atoms with Crippen molar-refractivity contribution in [1.29, 1.82) is 0 Å². The lowest BCUT2D eigenvalue weighted by atomic mass is 10.1. The van der Waals surface area contributed by atoms with Crippen LogP contribution in [0.25, 0.3) is 0 Å². The Labute approximate surface area is 133 Å². The predicted octanol–water partition coefficient (Wildman–Crippen LogP) is 5.42.